The van der Waals surface area contributed by atoms with Gasteiger partial charge in [-0.15, -0.1) is 0 Å². The molecule has 0 spiro atoms. The van der Waals surface area contributed by atoms with Crippen molar-refractivity contribution in [1.29, 1.82) is 0 Å². The summed E-state index contributed by atoms with van der Waals surface area (Å²) in [7, 11) is 0. The average Bonchev–Trinajstić information content (AvgIpc) is 2.36. The zero-order chi connectivity index (χ0) is 12.5. The first-order chi connectivity index (χ1) is 8.26. The second-order valence-corrected chi connectivity index (χ2v) is 4.54. The smallest absolute Gasteiger partial charge is 0.0445 e. The molecule has 0 saturated heterocycles. The van der Waals surface area contributed by atoms with Crippen molar-refractivity contribution in [3.05, 3.63) is 35.9 Å². The van der Waals surface area contributed by atoms with Gasteiger partial charge in [0.1, 0.15) is 0 Å². The first-order valence-electron chi connectivity index (χ1n) is 6.37. The van der Waals surface area contributed by atoms with Crippen LogP contribution in [0.25, 0.3) is 0 Å². The van der Waals surface area contributed by atoms with Crippen molar-refractivity contribution >= 4 is 0 Å². The van der Waals surface area contributed by atoms with Crippen LogP contribution in [0.4, 0.5) is 0 Å². The first kappa shape index (κ1) is 14.2. The van der Waals surface area contributed by atoms with Crippen LogP contribution in [0.15, 0.2) is 30.3 Å². The molecule has 0 fully saturated rings. The Labute approximate surface area is 104 Å². The Bertz CT molecular complexity index is 290. The van der Waals surface area contributed by atoms with E-state index in [9.17, 15) is 0 Å². The minimum Gasteiger partial charge on any atom is -0.396 e. The van der Waals surface area contributed by atoms with Crippen LogP contribution in [0.1, 0.15) is 25.3 Å². The molecular formula is C14H24N2O. The van der Waals surface area contributed by atoms with Gasteiger partial charge in [-0.1, -0.05) is 30.3 Å². The van der Waals surface area contributed by atoms with Crippen molar-refractivity contribution in [3.8, 4) is 0 Å². The molecule has 1 aromatic rings. The van der Waals surface area contributed by atoms with E-state index in [2.05, 4.69) is 36.5 Å². The SMILES string of the molecule is CC(CCO)NC(CN)CCc1ccccc1. The van der Waals surface area contributed by atoms with Crippen molar-refractivity contribution in [2.24, 2.45) is 5.73 Å². The van der Waals surface area contributed by atoms with Crippen LogP contribution in [0.5, 0.6) is 0 Å². The maximum Gasteiger partial charge on any atom is 0.0445 e. The topological polar surface area (TPSA) is 58.3 Å². The third-order valence-electron chi connectivity index (χ3n) is 2.99. The number of hydrogen-bond donors (Lipinski definition) is 3. The summed E-state index contributed by atoms with van der Waals surface area (Å²) in [5.41, 5.74) is 7.11. The normalized spacial score (nSPS) is 14.5. The van der Waals surface area contributed by atoms with Crippen LogP contribution >= 0.6 is 0 Å². The standard InChI is InChI=1S/C14H24N2O/c1-12(9-10-17)16-14(11-15)8-7-13-5-3-2-4-6-13/h2-6,12,14,16-17H,7-11,15H2,1H3. The molecule has 0 saturated carbocycles. The second kappa shape index (κ2) is 8.23. The summed E-state index contributed by atoms with van der Waals surface area (Å²) >= 11 is 0. The Kier molecular flexibility index (Phi) is 6.86. The predicted octanol–water partition coefficient (Wildman–Crippen LogP) is 1.31. The fourth-order valence-corrected chi connectivity index (χ4v) is 1.93. The number of benzene rings is 1. The van der Waals surface area contributed by atoms with Gasteiger partial charge in [0.05, 0.1) is 0 Å². The molecule has 2 unspecified atom stereocenters. The minimum absolute atomic E-state index is 0.226. The van der Waals surface area contributed by atoms with Crippen LogP contribution in [-0.4, -0.2) is 30.3 Å². The van der Waals surface area contributed by atoms with Crippen LogP contribution in [-0.2, 0) is 6.42 Å². The molecule has 0 aromatic heterocycles. The van der Waals surface area contributed by atoms with Crippen LogP contribution in [0.2, 0.25) is 0 Å². The van der Waals surface area contributed by atoms with E-state index in [4.69, 9.17) is 10.8 Å². The van der Waals surface area contributed by atoms with Crippen molar-refractivity contribution in [1.82, 2.24) is 5.32 Å². The van der Waals surface area contributed by atoms with Gasteiger partial charge in [0, 0.05) is 25.2 Å². The highest BCUT2D eigenvalue weighted by Crippen LogP contribution is 2.05. The number of rotatable bonds is 8. The highest BCUT2D eigenvalue weighted by Gasteiger charge is 2.10. The van der Waals surface area contributed by atoms with Crippen molar-refractivity contribution < 1.29 is 5.11 Å². The van der Waals surface area contributed by atoms with Crippen LogP contribution < -0.4 is 11.1 Å². The molecule has 0 bridgehead atoms. The third-order valence-corrected chi connectivity index (χ3v) is 2.99. The number of aliphatic hydroxyl groups excluding tert-OH is 1. The molecule has 0 amide bonds. The van der Waals surface area contributed by atoms with Crippen molar-refractivity contribution in [2.75, 3.05) is 13.2 Å². The molecule has 4 N–H and O–H groups in total. The van der Waals surface area contributed by atoms with Crippen molar-refractivity contribution in [2.45, 2.75) is 38.3 Å². The Morgan fingerprint density at radius 1 is 1.24 bits per heavy atom. The van der Waals surface area contributed by atoms with E-state index in [0.717, 1.165) is 19.3 Å². The lowest BCUT2D eigenvalue weighted by Crippen LogP contribution is -2.42. The van der Waals surface area contributed by atoms with Gasteiger partial charge >= 0.3 is 0 Å². The maximum absolute atomic E-state index is 8.86. The Balaban J connectivity index is 2.32. The summed E-state index contributed by atoms with van der Waals surface area (Å²) in [5.74, 6) is 0. The Morgan fingerprint density at radius 2 is 1.94 bits per heavy atom. The van der Waals surface area contributed by atoms with Gasteiger partial charge in [-0.2, -0.15) is 0 Å². The number of aliphatic hydroxyl groups is 1. The molecule has 3 nitrogen and oxygen atoms in total. The van der Waals surface area contributed by atoms with Gasteiger partial charge in [-0.05, 0) is 31.7 Å². The molecule has 0 radical (unpaired) electrons. The van der Waals surface area contributed by atoms with E-state index in [1.165, 1.54) is 5.56 Å². The highest BCUT2D eigenvalue weighted by molar-refractivity contribution is 5.14. The number of nitrogens with two attached hydrogens (primary N) is 1. The molecule has 0 heterocycles. The average molecular weight is 236 g/mol. The predicted molar refractivity (Wildman–Crippen MR) is 71.9 cm³/mol. The van der Waals surface area contributed by atoms with Crippen LogP contribution in [0, 0.1) is 0 Å². The summed E-state index contributed by atoms with van der Waals surface area (Å²) in [5, 5.41) is 12.3. The van der Waals surface area contributed by atoms with Crippen LogP contribution in [0.3, 0.4) is 0 Å². The molecule has 2 atom stereocenters. The third kappa shape index (κ3) is 5.82. The van der Waals surface area contributed by atoms with Gasteiger partial charge in [-0.25, -0.2) is 0 Å². The summed E-state index contributed by atoms with van der Waals surface area (Å²) in [6.07, 6.45) is 2.86. The Morgan fingerprint density at radius 3 is 2.53 bits per heavy atom. The zero-order valence-corrected chi connectivity index (χ0v) is 10.6. The molecule has 17 heavy (non-hydrogen) atoms. The summed E-state index contributed by atoms with van der Waals surface area (Å²) in [6.45, 7) is 2.95. The quantitative estimate of drug-likeness (QED) is 0.638. The molecule has 0 aliphatic rings. The second-order valence-electron chi connectivity index (χ2n) is 4.54. The summed E-state index contributed by atoms with van der Waals surface area (Å²) in [4.78, 5) is 0. The van der Waals surface area contributed by atoms with E-state index < -0.39 is 0 Å². The van der Waals surface area contributed by atoms with Crippen molar-refractivity contribution in [3.63, 3.8) is 0 Å². The Hall–Kier alpha value is -0.900. The van der Waals surface area contributed by atoms with Gasteiger partial charge in [0.15, 0.2) is 0 Å². The van der Waals surface area contributed by atoms with Gasteiger partial charge < -0.3 is 16.2 Å². The number of nitrogens with one attached hydrogen (secondary N) is 1. The number of hydrogen-bond acceptors (Lipinski definition) is 3. The molecule has 3 heteroatoms. The molecule has 1 rings (SSSR count). The number of aryl methyl sites for hydroxylation is 1. The van der Waals surface area contributed by atoms with E-state index in [1.807, 2.05) is 6.07 Å². The zero-order valence-electron chi connectivity index (χ0n) is 10.6. The lowest BCUT2D eigenvalue weighted by molar-refractivity contribution is 0.262. The van der Waals surface area contributed by atoms with Gasteiger partial charge in [0.25, 0.3) is 0 Å². The van der Waals surface area contributed by atoms with E-state index in [0.29, 0.717) is 18.6 Å². The largest absolute Gasteiger partial charge is 0.396 e. The highest BCUT2D eigenvalue weighted by atomic mass is 16.3. The molecule has 96 valence electrons. The van der Waals surface area contributed by atoms with Gasteiger partial charge in [0.2, 0.25) is 0 Å². The summed E-state index contributed by atoms with van der Waals surface area (Å²) < 4.78 is 0. The molecule has 0 aliphatic carbocycles. The summed E-state index contributed by atoms with van der Waals surface area (Å²) in [6, 6.07) is 11.1. The van der Waals surface area contributed by atoms with E-state index in [1.54, 1.807) is 0 Å². The minimum atomic E-state index is 0.226. The molecule has 1 aromatic carbocycles. The lowest BCUT2D eigenvalue weighted by atomic mass is 10.0. The molecular weight excluding hydrogens is 212 g/mol. The molecule has 0 aliphatic heterocycles. The first-order valence-corrected chi connectivity index (χ1v) is 6.37. The fourth-order valence-electron chi connectivity index (χ4n) is 1.93. The maximum atomic E-state index is 8.86. The lowest BCUT2D eigenvalue weighted by Gasteiger charge is -2.21. The van der Waals surface area contributed by atoms with Gasteiger partial charge in [-0.3, -0.25) is 0 Å². The van der Waals surface area contributed by atoms with E-state index >= 15 is 0 Å². The fraction of sp³-hybridized carbons (Fsp3) is 0.571. The monoisotopic (exact) mass is 236 g/mol. The van der Waals surface area contributed by atoms with E-state index in [-0.39, 0.29) is 6.61 Å².